The second-order valence-corrected chi connectivity index (χ2v) is 17.6. The summed E-state index contributed by atoms with van der Waals surface area (Å²) in [6.45, 7) is 15.2. The molecule has 0 aromatic rings. The second kappa shape index (κ2) is 39.6. The van der Waals surface area contributed by atoms with E-state index in [1.165, 1.54) is 212 Å². The maximum atomic E-state index is 12.4. The van der Waals surface area contributed by atoms with Crippen molar-refractivity contribution in [3.8, 4) is 0 Å². The van der Waals surface area contributed by atoms with Gasteiger partial charge in [-0.25, -0.2) is 0 Å². The Kier molecular flexibility index (Phi) is 37.7. The van der Waals surface area contributed by atoms with Gasteiger partial charge >= 0.3 is 5.97 Å². The highest BCUT2D eigenvalue weighted by atomic mass is 16.5. The molecule has 0 N–H and O–H groups in total. The molecule has 1 fully saturated rings. The molecule has 1 saturated heterocycles. The standard InChI is InChI=1S/C49H97NO3/c1-5-9-23-31-46(32-24-10-6-2)35-27-19-15-13-14-16-20-28-36-48(45-50-40-43-52-44-41-50)37-29-21-17-18-22-30-38-49(51)53-42-39-47(33-25-11-7-3)34-26-12-8-4/h46-48H,5-45H2,1-4H3. The Bertz CT molecular complexity index is 717. The number of nitrogens with zero attached hydrogens (tertiary/aromatic N) is 1. The Morgan fingerprint density at radius 2 is 0.792 bits per heavy atom. The molecule has 53 heavy (non-hydrogen) atoms. The zero-order valence-corrected chi connectivity index (χ0v) is 36.9. The quantitative estimate of drug-likeness (QED) is 0.0461. The van der Waals surface area contributed by atoms with E-state index in [1.807, 2.05) is 0 Å². The zero-order chi connectivity index (χ0) is 38.3. The first kappa shape index (κ1) is 50.4. The molecular weight excluding hydrogens is 651 g/mol. The minimum absolute atomic E-state index is 0.0338. The van der Waals surface area contributed by atoms with Gasteiger partial charge in [0.1, 0.15) is 0 Å². The Hall–Kier alpha value is -0.610. The number of rotatable bonds is 41. The van der Waals surface area contributed by atoms with Crippen LogP contribution in [0, 0.1) is 17.8 Å². The molecule has 4 heteroatoms. The van der Waals surface area contributed by atoms with Crippen LogP contribution in [0.25, 0.3) is 0 Å². The molecule has 1 unspecified atom stereocenters. The molecule has 0 saturated carbocycles. The summed E-state index contributed by atoms with van der Waals surface area (Å²) in [5.41, 5.74) is 0. The number of esters is 1. The lowest BCUT2D eigenvalue weighted by molar-refractivity contribution is -0.144. The second-order valence-electron chi connectivity index (χ2n) is 17.6. The highest BCUT2D eigenvalue weighted by Gasteiger charge is 2.17. The smallest absolute Gasteiger partial charge is 0.305 e. The van der Waals surface area contributed by atoms with Crippen LogP contribution in [0.3, 0.4) is 0 Å². The molecule has 0 aliphatic carbocycles. The van der Waals surface area contributed by atoms with Gasteiger partial charge in [0.15, 0.2) is 0 Å². The number of carbonyl (C=O) groups is 1. The van der Waals surface area contributed by atoms with E-state index in [1.54, 1.807) is 0 Å². The third-order valence-electron chi connectivity index (χ3n) is 12.5. The van der Waals surface area contributed by atoms with E-state index in [-0.39, 0.29) is 5.97 Å². The maximum absolute atomic E-state index is 12.4. The molecule has 0 spiro atoms. The zero-order valence-electron chi connectivity index (χ0n) is 36.9. The fraction of sp³-hybridized carbons (Fsp3) is 0.980. The number of hydrogen-bond donors (Lipinski definition) is 0. The molecule has 0 bridgehead atoms. The van der Waals surface area contributed by atoms with Crippen LogP contribution in [-0.4, -0.2) is 50.3 Å². The topological polar surface area (TPSA) is 38.8 Å². The molecule has 0 amide bonds. The Morgan fingerprint density at radius 1 is 0.453 bits per heavy atom. The fourth-order valence-electron chi connectivity index (χ4n) is 8.82. The summed E-state index contributed by atoms with van der Waals surface area (Å²) in [5, 5.41) is 0. The lowest BCUT2D eigenvalue weighted by atomic mass is 9.90. The van der Waals surface area contributed by atoms with Gasteiger partial charge in [0.05, 0.1) is 19.8 Å². The molecule has 1 aliphatic rings. The number of carbonyl (C=O) groups excluding carboxylic acids is 1. The van der Waals surface area contributed by atoms with Gasteiger partial charge in [0.2, 0.25) is 0 Å². The van der Waals surface area contributed by atoms with Crippen LogP contribution in [0.4, 0.5) is 0 Å². The van der Waals surface area contributed by atoms with Crippen molar-refractivity contribution in [1.29, 1.82) is 0 Å². The van der Waals surface area contributed by atoms with Gasteiger partial charge in [-0.15, -0.1) is 0 Å². The molecule has 1 rings (SSSR count). The van der Waals surface area contributed by atoms with Gasteiger partial charge in [-0.05, 0) is 43.4 Å². The van der Waals surface area contributed by atoms with Crippen LogP contribution >= 0.6 is 0 Å². The van der Waals surface area contributed by atoms with Gasteiger partial charge in [0, 0.05) is 26.1 Å². The average molecular weight is 748 g/mol. The summed E-state index contributed by atoms with van der Waals surface area (Å²) in [6, 6.07) is 0. The third-order valence-corrected chi connectivity index (χ3v) is 12.5. The van der Waals surface area contributed by atoms with E-state index in [4.69, 9.17) is 9.47 Å². The van der Waals surface area contributed by atoms with Crippen molar-refractivity contribution in [2.75, 3.05) is 39.5 Å². The van der Waals surface area contributed by atoms with E-state index in [0.717, 1.165) is 56.9 Å². The fourth-order valence-corrected chi connectivity index (χ4v) is 8.82. The summed E-state index contributed by atoms with van der Waals surface area (Å²) < 4.78 is 11.3. The molecule has 1 heterocycles. The monoisotopic (exact) mass is 748 g/mol. The van der Waals surface area contributed by atoms with Gasteiger partial charge in [-0.2, -0.15) is 0 Å². The first-order chi connectivity index (χ1) is 26.1. The van der Waals surface area contributed by atoms with Gasteiger partial charge in [-0.3, -0.25) is 9.69 Å². The van der Waals surface area contributed by atoms with Crippen LogP contribution in [0.2, 0.25) is 0 Å². The molecule has 1 atom stereocenters. The molecule has 0 aromatic heterocycles. The van der Waals surface area contributed by atoms with Gasteiger partial charge in [0.25, 0.3) is 0 Å². The van der Waals surface area contributed by atoms with Crippen LogP contribution in [-0.2, 0) is 14.3 Å². The van der Waals surface area contributed by atoms with Crippen molar-refractivity contribution in [3.05, 3.63) is 0 Å². The summed E-state index contributed by atoms with van der Waals surface area (Å²) in [5.74, 6) is 2.63. The van der Waals surface area contributed by atoms with Crippen molar-refractivity contribution >= 4 is 5.97 Å². The summed E-state index contributed by atoms with van der Waals surface area (Å²) in [7, 11) is 0. The molecule has 316 valence electrons. The van der Waals surface area contributed by atoms with Gasteiger partial charge < -0.3 is 9.47 Å². The van der Waals surface area contributed by atoms with Gasteiger partial charge in [-0.1, -0.05) is 220 Å². The lowest BCUT2D eigenvalue weighted by Crippen LogP contribution is -2.39. The maximum Gasteiger partial charge on any atom is 0.305 e. The minimum atomic E-state index is 0.0338. The van der Waals surface area contributed by atoms with E-state index in [2.05, 4.69) is 32.6 Å². The molecule has 1 aliphatic heterocycles. The van der Waals surface area contributed by atoms with Crippen LogP contribution in [0.5, 0.6) is 0 Å². The SMILES string of the molecule is CCCCCC(CCCCC)CCCCCCCCCCC(CCCCCCCCC(=O)OCCC(CCCCC)CCCCC)CN1CCOCC1. The van der Waals surface area contributed by atoms with E-state index < -0.39 is 0 Å². The largest absolute Gasteiger partial charge is 0.466 e. The van der Waals surface area contributed by atoms with Crippen molar-refractivity contribution < 1.29 is 14.3 Å². The van der Waals surface area contributed by atoms with E-state index >= 15 is 0 Å². The highest BCUT2D eigenvalue weighted by Crippen LogP contribution is 2.25. The predicted octanol–water partition coefficient (Wildman–Crippen LogP) is 15.4. The Labute approximate surface area is 333 Å². The van der Waals surface area contributed by atoms with Crippen molar-refractivity contribution in [2.45, 2.75) is 252 Å². The first-order valence-electron chi connectivity index (χ1n) is 24.6. The molecule has 0 aromatic carbocycles. The summed E-state index contributed by atoms with van der Waals surface area (Å²) in [6.07, 6.45) is 47.0. The number of hydrogen-bond acceptors (Lipinski definition) is 4. The first-order valence-corrected chi connectivity index (χ1v) is 24.6. The Balaban J connectivity index is 2.15. The lowest BCUT2D eigenvalue weighted by Gasteiger charge is -2.30. The average Bonchev–Trinajstić information content (AvgIpc) is 3.16. The van der Waals surface area contributed by atoms with Crippen molar-refractivity contribution in [3.63, 3.8) is 0 Å². The van der Waals surface area contributed by atoms with Crippen LogP contribution < -0.4 is 0 Å². The molecular formula is C49H97NO3. The van der Waals surface area contributed by atoms with Crippen molar-refractivity contribution in [1.82, 2.24) is 4.90 Å². The van der Waals surface area contributed by atoms with Crippen molar-refractivity contribution in [2.24, 2.45) is 17.8 Å². The normalized spacial score (nSPS) is 14.5. The van der Waals surface area contributed by atoms with Crippen LogP contribution in [0.1, 0.15) is 252 Å². The molecule has 4 nitrogen and oxygen atoms in total. The summed E-state index contributed by atoms with van der Waals surface area (Å²) >= 11 is 0. The Morgan fingerprint density at radius 3 is 1.21 bits per heavy atom. The number of ether oxygens (including phenoxy) is 2. The molecule has 0 radical (unpaired) electrons. The third kappa shape index (κ3) is 33.3. The predicted molar refractivity (Wildman–Crippen MR) is 233 cm³/mol. The minimum Gasteiger partial charge on any atom is -0.466 e. The summed E-state index contributed by atoms with van der Waals surface area (Å²) in [4.78, 5) is 15.0. The number of morpholine rings is 1. The highest BCUT2D eigenvalue weighted by molar-refractivity contribution is 5.69. The van der Waals surface area contributed by atoms with Crippen LogP contribution in [0.15, 0.2) is 0 Å². The van der Waals surface area contributed by atoms with E-state index in [9.17, 15) is 4.79 Å². The van der Waals surface area contributed by atoms with E-state index in [0.29, 0.717) is 13.0 Å². The number of unbranched alkanes of at least 4 members (excludes halogenated alkanes) is 20.